The van der Waals surface area contributed by atoms with Crippen LogP contribution in [-0.2, 0) is 4.74 Å². The molecule has 1 fully saturated rings. The Balaban J connectivity index is 1.94. The van der Waals surface area contributed by atoms with E-state index in [4.69, 9.17) is 9.47 Å². The van der Waals surface area contributed by atoms with E-state index in [0.717, 1.165) is 15.8 Å². The molecular weight excluding hydrogens is 284 g/mol. The standard InChI is InChI=1S/C13H17BrO3/c1-10-8-11(2-3-12(10)14)17-9-13(15)4-6-16-7-5-13/h2-3,8,15H,4-7,9H2,1H3. The molecule has 1 aliphatic heterocycles. The van der Waals surface area contributed by atoms with Gasteiger partial charge in [-0.3, -0.25) is 0 Å². The Morgan fingerprint density at radius 2 is 2.12 bits per heavy atom. The van der Waals surface area contributed by atoms with Crippen molar-refractivity contribution in [2.75, 3.05) is 19.8 Å². The molecule has 0 spiro atoms. The third kappa shape index (κ3) is 3.44. The van der Waals surface area contributed by atoms with E-state index in [1.807, 2.05) is 25.1 Å². The first-order chi connectivity index (χ1) is 8.09. The molecule has 0 atom stereocenters. The minimum absolute atomic E-state index is 0.331. The van der Waals surface area contributed by atoms with Gasteiger partial charge in [0.1, 0.15) is 18.0 Å². The van der Waals surface area contributed by atoms with Gasteiger partial charge in [0.05, 0.1) is 0 Å². The molecule has 0 amide bonds. The quantitative estimate of drug-likeness (QED) is 0.933. The maximum Gasteiger partial charge on any atom is 0.119 e. The Kier molecular flexibility index (Phi) is 4.07. The second-order valence-electron chi connectivity index (χ2n) is 4.54. The summed E-state index contributed by atoms with van der Waals surface area (Å²) >= 11 is 3.45. The van der Waals surface area contributed by atoms with Crippen LogP contribution >= 0.6 is 15.9 Å². The minimum atomic E-state index is -0.737. The molecule has 2 rings (SSSR count). The van der Waals surface area contributed by atoms with Crippen LogP contribution in [0.15, 0.2) is 22.7 Å². The van der Waals surface area contributed by atoms with Gasteiger partial charge < -0.3 is 14.6 Å². The summed E-state index contributed by atoms with van der Waals surface area (Å²) in [5.41, 5.74) is 0.389. The summed E-state index contributed by atoms with van der Waals surface area (Å²) in [6.07, 6.45) is 1.28. The van der Waals surface area contributed by atoms with Gasteiger partial charge >= 0.3 is 0 Å². The molecule has 17 heavy (non-hydrogen) atoms. The fourth-order valence-corrected chi connectivity index (χ4v) is 2.07. The lowest BCUT2D eigenvalue weighted by Gasteiger charge is -2.31. The van der Waals surface area contributed by atoms with E-state index < -0.39 is 5.60 Å². The first-order valence-electron chi connectivity index (χ1n) is 5.78. The summed E-state index contributed by atoms with van der Waals surface area (Å²) in [4.78, 5) is 0. The molecule has 1 N–H and O–H groups in total. The molecule has 1 aliphatic rings. The minimum Gasteiger partial charge on any atom is -0.491 e. The zero-order chi connectivity index (χ0) is 12.3. The van der Waals surface area contributed by atoms with Gasteiger partial charge in [-0.25, -0.2) is 0 Å². The van der Waals surface area contributed by atoms with E-state index >= 15 is 0 Å². The highest BCUT2D eigenvalue weighted by Gasteiger charge is 2.30. The normalized spacial score (nSPS) is 19.0. The fraction of sp³-hybridized carbons (Fsp3) is 0.538. The highest BCUT2D eigenvalue weighted by molar-refractivity contribution is 9.10. The number of hydrogen-bond acceptors (Lipinski definition) is 3. The molecule has 0 saturated carbocycles. The van der Waals surface area contributed by atoms with Gasteiger partial charge in [0.25, 0.3) is 0 Å². The number of aryl methyl sites for hydroxylation is 1. The molecular formula is C13H17BrO3. The van der Waals surface area contributed by atoms with Crippen LogP contribution in [0.25, 0.3) is 0 Å². The summed E-state index contributed by atoms with van der Waals surface area (Å²) in [5.74, 6) is 0.797. The molecule has 0 aromatic heterocycles. The first kappa shape index (κ1) is 12.9. The Morgan fingerprint density at radius 3 is 2.76 bits per heavy atom. The van der Waals surface area contributed by atoms with Gasteiger partial charge in [0, 0.05) is 30.5 Å². The fourth-order valence-electron chi connectivity index (χ4n) is 1.82. The van der Waals surface area contributed by atoms with Gasteiger partial charge in [-0.15, -0.1) is 0 Å². The van der Waals surface area contributed by atoms with Crippen LogP contribution in [0.1, 0.15) is 18.4 Å². The SMILES string of the molecule is Cc1cc(OCC2(O)CCOCC2)ccc1Br. The van der Waals surface area contributed by atoms with Crippen molar-refractivity contribution in [1.29, 1.82) is 0 Å². The molecule has 94 valence electrons. The van der Waals surface area contributed by atoms with Crippen LogP contribution < -0.4 is 4.74 Å². The molecule has 0 bridgehead atoms. The molecule has 1 aromatic carbocycles. The van der Waals surface area contributed by atoms with Crippen LogP contribution in [0.4, 0.5) is 0 Å². The van der Waals surface area contributed by atoms with Gasteiger partial charge in [0.15, 0.2) is 0 Å². The van der Waals surface area contributed by atoms with E-state index in [9.17, 15) is 5.11 Å². The Hall–Kier alpha value is -0.580. The Morgan fingerprint density at radius 1 is 1.41 bits per heavy atom. The van der Waals surface area contributed by atoms with Gasteiger partial charge in [0.2, 0.25) is 0 Å². The van der Waals surface area contributed by atoms with Crippen LogP contribution in [0.2, 0.25) is 0 Å². The van der Waals surface area contributed by atoms with Gasteiger partial charge in [-0.2, -0.15) is 0 Å². The van der Waals surface area contributed by atoms with Crippen LogP contribution in [0, 0.1) is 6.92 Å². The predicted molar refractivity (Wildman–Crippen MR) is 69.4 cm³/mol. The lowest BCUT2D eigenvalue weighted by atomic mass is 9.96. The summed E-state index contributed by atoms with van der Waals surface area (Å²) in [6.45, 7) is 3.57. The second kappa shape index (κ2) is 5.38. The van der Waals surface area contributed by atoms with E-state index in [1.54, 1.807) is 0 Å². The smallest absolute Gasteiger partial charge is 0.119 e. The van der Waals surface area contributed by atoms with Gasteiger partial charge in [-0.1, -0.05) is 15.9 Å². The zero-order valence-electron chi connectivity index (χ0n) is 9.91. The van der Waals surface area contributed by atoms with Gasteiger partial charge in [-0.05, 0) is 30.7 Å². The summed E-state index contributed by atoms with van der Waals surface area (Å²) < 4.78 is 12.0. The van der Waals surface area contributed by atoms with Crippen molar-refractivity contribution in [2.24, 2.45) is 0 Å². The van der Waals surface area contributed by atoms with Crippen molar-refractivity contribution in [2.45, 2.75) is 25.4 Å². The number of aliphatic hydroxyl groups is 1. The maximum absolute atomic E-state index is 10.2. The van der Waals surface area contributed by atoms with Crippen molar-refractivity contribution in [3.8, 4) is 5.75 Å². The second-order valence-corrected chi connectivity index (χ2v) is 5.39. The van der Waals surface area contributed by atoms with Crippen molar-refractivity contribution in [3.63, 3.8) is 0 Å². The molecule has 1 heterocycles. The highest BCUT2D eigenvalue weighted by atomic mass is 79.9. The van der Waals surface area contributed by atoms with Crippen molar-refractivity contribution >= 4 is 15.9 Å². The van der Waals surface area contributed by atoms with E-state index in [1.165, 1.54) is 0 Å². The third-order valence-corrected chi connectivity index (χ3v) is 3.95. The molecule has 0 aliphatic carbocycles. The largest absolute Gasteiger partial charge is 0.491 e. The summed E-state index contributed by atoms with van der Waals surface area (Å²) in [7, 11) is 0. The zero-order valence-corrected chi connectivity index (χ0v) is 11.5. The number of benzene rings is 1. The van der Waals surface area contributed by atoms with Crippen LogP contribution in [0.5, 0.6) is 5.75 Å². The topological polar surface area (TPSA) is 38.7 Å². The van der Waals surface area contributed by atoms with Crippen molar-refractivity contribution in [3.05, 3.63) is 28.2 Å². The number of hydrogen-bond donors (Lipinski definition) is 1. The average Bonchev–Trinajstić information content (AvgIpc) is 2.32. The van der Waals surface area contributed by atoms with Crippen molar-refractivity contribution in [1.82, 2.24) is 0 Å². The van der Waals surface area contributed by atoms with E-state index in [0.29, 0.717) is 32.7 Å². The number of ether oxygens (including phenoxy) is 2. The molecule has 1 saturated heterocycles. The molecule has 0 radical (unpaired) electrons. The Labute approximate surface area is 110 Å². The molecule has 1 aromatic rings. The van der Waals surface area contributed by atoms with E-state index in [-0.39, 0.29) is 0 Å². The molecule has 4 heteroatoms. The first-order valence-corrected chi connectivity index (χ1v) is 6.57. The molecule has 3 nitrogen and oxygen atoms in total. The summed E-state index contributed by atoms with van der Waals surface area (Å²) in [6, 6.07) is 5.82. The third-order valence-electron chi connectivity index (χ3n) is 3.06. The van der Waals surface area contributed by atoms with E-state index in [2.05, 4.69) is 15.9 Å². The Bertz CT molecular complexity index is 386. The number of rotatable bonds is 3. The monoisotopic (exact) mass is 300 g/mol. The number of halogens is 1. The predicted octanol–water partition coefficient (Wildman–Crippen LogP) is 2.68. The lowest BCUT2D eigenvalue weighted by Crippen LogP contribution is -2.41. The maximum atomic E-state index is 10.2. The summed E-state index contributed by atoms with van der Waals surface area (Å²) in [5, 5.41) is 10.2. The van der Waals surface area contributed by atoms with Crippen LogP contribution in [0.3, 0.4) is 0 Å². The van der Waals surface area contributed by atoms with Crippen molar-refractivity contribution < 1.29 is 14.6 Å². The molecule has 0 unspecified atom stereocenters. The lowest BCUT2D eigenvalue weighted by molar-refractivity contribution is -0.0855. The van der Waals surface area contributed by atoms with Crippen LogP contribution in [-0.4, -0.2) is 30.5 Å². The highest BCUT2D eigenvalue weighted by Crippen LogP contribution is 2.25. The average molecular weight is 301 g/mol.